The van der Waals surface area contributed by atoms with Crippen molar-refractivity contribution in [1.29, 1.82) is 0 Å². The van der Waals surface area contributed by atoms with Crippen molar-refractivity contribution in [1.82, 2.24) is 10.6 Å². The Labute approximate surface area is 153 Å². The minimum Gasteiger partial charge on any atom is -0.381 e. The molecule has 1 fully saturated rings. The van der Waals surface area contributed by atoms with Crippen LogP contribution in [0.1, 0.15) is 57.1 Å². The van der Waals surface area contributed by atoms with Gasteiger partial charge in [-0.3, -0.25) is 0 Å². The maximum atomic E-state index is 3.80. The fourth-order valence-electron chi connectivity index (χ4n) is 4.15. The van der Waals surface area contributed by atoms with Gasteiger partial charge in [-0.15, -0.1) is 0 Å². The van der Waals surface area contributed by atoms with Gasteiger partial charge in [0.25, 0.3) is 0 Å². The normalized spacial score (nSPS) is 22.7. The molecule has 1 aliphatic carbocycles. The lowest BCUT2D eigenvalue weighted by Gasteiger charge is -2.21. The van der Waals surface area contributed by atoms with Crippen LogP contribution in [0.15, 0.2) is 53.8 Å². The third-order valence-electron chi connectivity index (χ3n) is 5.58. The van der Waals surface area contributed by atoms with Gasteiger partial charge < -0.3 is 10.6 Å². The molecule has 0 aromatic heterocycles. The van der Waals surface area contributed by atoms with Crippen LogP contribution in [-0.4, -0.2) is 19.6 Å². The van der Waals surface area contributed by atoms with Crippen molar-refractivity contribution in [3.63, 3.8) is 0 Å². The van der Waals surface area contributed by atoms with E-state index >= 15 is 0 Å². The van der Waals surface area contributed by atoms with Gasteiger partial charge in [0.2, 0.25) is 0 Å². The maximum absolute atomic E-state index is 3.80. The Morgan fingerprint density at radius 3 is 2.84 bits per heavy atom. The first kappa shape index (κ1) is 18.0. The molecule has 2 atom stereocenters. The van der Waals surface area contributed by atoms with Crippen LogP contribution in [0.25, 0.3) is 5.57 Å². The Balaban J connectivity index is 2.09. The first-order valence-electron chi connectivity index (χ1n) is 9.77. The van der Waals surface area contributed by atoms with Crippen molar-refractivity contribution in [3.8, 4) is 0 Å². The fraction of sp³-hybridized carbons (Fsp3) is 0.478. The Morgan fingerprint density at radius 2 is 2.12 bits per heavy atom. The molecule has 2 aliphatic rings. The lowest BCUT2D eigenvalue weighted by molar-refractivity contribution is 0.440. The van der Waals surface area contributed by atoms with Gasteiger partial charge in [-0.2, -0.15) is 0 Å². The molecule has 2 unspecified atom stereocenters. The lowest BCUT2D eigenvalue weighted by atomic mass is 9.83. The predicted molar refractivity (Wildman–Crippen MR) is 109 cm³/mol. The van der Waals surface area contributed by atoms with Gasteiger partial charge in [0.15, 0.2) is 0 Å². The largest absolute Gasteiger partial charge is 0.381 e. The van der Waals surface area contributed by atoms with Crippen molar-refractivity contribution < 1.29 is 0 Å². The summed E-state index contributed by atoms with van der Waals surface area (Å²) in [6, 6.07) is 9.71. The standard InChI is InChI=1S/C23H32N2/c1-5-21-20(13-14-24-4)23-19(11-6-7-12-22(23)25-21)18-10-8-9-17(15-18)16(2)3/h6-10,12,15-16,20-21,24-25H,5,11,13-14H2,1-4H3. The van der Waals surface area contributed by atoms with Crippen molar-refractivity contribution in [2.24, 2.45) is 5.92 Å². The number of hydrogen-bond acceptors (Lipinski definition) is 2. The van der Waals surface area contributed by atoms with Crippen molar-refractivity contribution >= 4 is 5.57 Å². The fourth-order valence-corrected chi connectivity index (χ4v) is 4.15. The summed E-state index contributed by atoms with van der Waals surface area (Å²) >= 11 is 0. The number of fused-ring (bicyclic) bond motifs is 1. The lowest BCUT2D eigenvalue weighted by Crippen LogP contribution is -2.27. The molecular weight excluding hydrogens is 304 g/mol. The van der Waals surface area contributed by atoms with E-state index in [9.17, 15) is 0 Å². The second kappa shape index (κ2) is 8.05. The molecule has 1 aliphatic heterocycles. The van der Waals surface area contributed by atoms with Gasteiger partial charge in [0, 0.05) is 17.7 Å². The van der Waals surface area contributed by atoms with Gasteiger partial charge >= 0.3 is 0 Å². The van der Waals surface area contributed by atoms with Gasteiger partial charge in [0.1, 0.15) is 0 Å². The zero-order valence-corrected chi connectivity index (χ0v) is 16.1. The van der Waals surface area contributed by atoms with E-state index in [4.69, 9.17) is 0 Å². The van der Waals surface area contributed by atoms with Crippen LogP contribution in [0, 0.1) is 5.92 Å². The summed E-state index contributed by atoms with van der Waals surface area (Å²) in [5, 5.41) is 7.15. The molecule has 1 heterocycles. The Bertz CT molecular complexity index is 694. The number of hydrogen-bond donors (Lipinski definition) is 2. The Hall–Kier alpha value is -1.80. The second-order valence-corrected chi connectivity index (χ2v) is 7.54. The molecule has 2 nitrogen and oxygen atoms in total. The third-order valence-corrected chi connectivity index (χ3v) is 5.58. The molecule has 1 aromatic rings. The number of nitrogens with one attached hydrogen (secondary N) is 2. The van der Waals surface area contributed by atoms with Gasteiger partial charge in [-0.1, -0.05) is 57.2 Å². The van der Waals surface area contributed by atoms with E-state index in [1.165, 1.54) is 28.8 Å². The third kappa shape index (κ3) is 3.74. The van der Waals surface area contributed by atoms with Crippen LogP contribution >= 0.6 is 0 Å². The average Bonchev–Trinajstić information content (AvgIpc) is 2.83. The van der Waals surface area contributed by atoms with Crippen LogP contribution in [0.4, 0.5) is 0 Å². The van der Waals surface area contributed by atoms with E-state index < -0.39 is 0 Å². The summed E-state index contributed by atoms with van der Waals surface area (Å²) in [6.45, 7) is 7.90. The molecule has 3 rings (SSSR count). The number of allylic oxidation sites excluding steroid dienone is 5. The molecule has 0 bridgehead atoms. The quantitative estimate of drug-likeness (QED) is 0.762. The smallest absolute Gasteiger partial charge is 0.0381 e. The van der Waals surface area contributed by atoms with Crippen LogP contribution in [0.2, 0.25) is 0 Å². The molecule has 2 N–H and O–H groups in total. The maximum Gasteiger partial charge on any atom is 0.0381 e. The van der Waals surface area contributed by atoms with E-state index in [1.807, 2.05) is 0 Å². The summed E-state index contributed by atoms with van der Waals surface area (Å²) < 4.78 is 0. The highest BCUT2D eigenvalue weighted by molar-refractivity contribution is 5.76. The molecule has 1 saturated heterocycles. The SMILES string of the molecule is CCC1NC2=CC=CCC(c3cccc(C(C)C)c3)=C2C1CCNC. The Morgan fingerprint density at radius 1 is 1.28 bits per heavy atom. The summed E-state index contributed by atoms with van der Waals surface area (Å²) in [6.07, 6.45) is 10.2. The van der Waals surface area contributed by atoms with Gasteiger partial charge in [-0.25, -0.2) is 0 Å². The summed E-state index contributed by atoms with van der Waals surface area (Å²) in [7, 11) is 2.05. The van der Waals surface area contributed by atoms with Crippen molar-refractivity contribution in [2.45, 2.75) is 52.0 Å². The molecule has 25 heavy (non-hydrogen) atoms. The highest BCUT2D eigenvalue weighted by Crippen LogP contribution is 2.41. The van der Waals surface area contributed by atoms with Crippen LogP contribution < -0.4 is 10.6 Å². The summed E-state index contributed by atoms with van der Waals surface area (Å²) in [5.41, 5.74) is 7.22. The van der Waals surface area contributed by atoms with Crippen molar-refractivity contribution in [3.05, 3.63) is 64.9 Å². The van der Waals surface area contributed by atoms with Crippen molar-refractivity contribution in [2.75, 3.05) is 13.6 Å². The Kier molecular flexibility index (Phi) is 5.80. The molecular formula is C23H32N2. The summed E-state index contributed by atoms with van der Waals surface area (Å²) in [4.78, 5) is 0. The van der Waals surface area contributed by atoms with E-state index in [0.29, 0.717) is 17.9 Å². The molecule has 1 aromatic carbocycles. The molecule has 0 saturated carbocycles. The molecule has 0 radical (unpaired) electrons. The second-order valence-electron chi connectivity index (χ2n) is 7.54. The number of rotatable bonds is 6. The van der Waals surface area contributed by atoms with Gasteiger partial charge in [-0.05, 0) is 67.1 Å². The summed E-state index contributed by atoms with van der Waals surface area (Å²) in [5.74, 6) is 1.15. The van der Waals surface area contributed by atoms with E-state index in [2.05, 4.69) is 80.9 Å². The molecule has 2 heteroatoms. The van der Waals surface area contributed by atoms with Crippen LogP contribution in [-0.2, 0) is 0 Å². The minimum atomic E-state index is 0.546. The average molecular weight is 337 g/mol. The first-order chi connectivity index (χ1) is 12.2. The topological polar surface area (TPSA) is 24.1 Å². The zero-order chi connectivity index (χ0) is 17.8. The predicted octanol–water partition coefficient (Wildman–Crippen LogP) is 5.01. The van der Waals surface area contributed by atoms with Crippen LogP contribution in [0.5, 0.6) is 0 Å². The molecule has 134 valence electrons. The first-order valence-corrected chi connectivity index (χ1v) is 9.77. The monoisotopic (exact) mass is 336 g/mol. The highest BCUT2D eigenvalue weighted by Gasteiger charge is 2.35. The number of benzene rings is 1. The molecule has 0 amide bonds. The van der Waals surface area contributed by atoms with E-state index in [0.717, 1.165) is 19.4 Å². The van der Waals surface area contributed by atoms with Crippen LogP contribution in [0.3, 0.4) is 0 Å². The van der Waals surface area contributed by atoms with E-state index in [1.54, 1.807) is 5.57 Å². The molecule has 0 spiro atoms. The van der Waals surface area contributed by atoms with Gasteiger partial charge in [0.05, 0.1) is 0 Å². The van der Waals surface area contributed by atoms with E-state index in [-0.39, 0.29) is 0 Å². The highest BCUT2D eigenvalue weighted by atomic mass is 15.0. The zero-order valence-electron chi connectivity index (χ0n) is 16.1. The minimum absolute atomic E-state index is 0.546.